The molecule has 0 N–H and O–H groups in total. The number of carbonyl (C=O) groups is 1. The van der Waals surface area contributed by atoms with Crippen LogP contribution < -0.4 is 0 Å². The van der Waals surface area contributed by atoms with Gasteiger partial charge >= 0.3 is 0 Å². The Morgan fingerprint density at radius 2 is 1.78 bits per heavy atom. The Bertz CT molecular complexity index is 1140. The molecule has 0 radical (unpaired) electrons. The molecule has 1 aliphatic rings. The zero-order valence-electron chi connectivity index (χ0n) is 18.8. The van der Waals surface area contributed by atoms with Gasteiger partial charge in [0.2, 0.25) is 0 Å². The van der Waals surface area contributed by atoms with Crippen LogP contribution in [0.1, 0.15) is 40.3 Å². The van der Waals surface area contributed by atoms with Gasteiger partial charge in [-0.05, 0) is 44.2 Å². The van der Waals surface area contributed by atoms with E-state index in [1.807, 2.05) is 56.1 Å². The molecule has 164 valence electrons. The molecular weight excluding hydrogens is 401 g/mol. The van der Waals surface area contributed by atoms with Gasteiger partial charge in [0, 0.05) is 24.1 Å². The van der Waals surface area contributed by atoms with Crippen LogP contribution in [0.4, 0.5) is 4.39 Å². The van der Waals surface area contributed by atoms with Crippen molar-refractivity contribution >= 4 is 11.6 Å². The number of benzene rings is 3. The zero-order chi connectivity index (χ0) is 22.7. The van der Waals surface area contributed by atoms with Crippen LogP contribution in [-0.2, 0) is 11.3 Å². The maximum absolute atomic E-state index is 14.7. The van der Waals surface area contributed by atoms with E-state index in [1.165, 1.54) is 11.1 Å². The summed E-state index contributed by atoms with van der Waals surface area (Å²) in [6.07, 6.45) is 0.485. The van der Waals surface area contributed by atoms with Crippen molar-refractivity contribution in [1.82, 2.24) is 9.91 Å². The molecule has 0 bridgehead atoms. The van der Waals surface area contributed by atoms with Gasteiger partial charge in [-0.15, -0.1) is 0 Å². The predicted octanol–water partition coefficient (Wildman–Crippen LogP) is 5.25. The van der Waals surface area contributed by atoms with Gasteiger partial charge in [0.05, 0.1) is 18.3 Å². The van der Waals surface area contributed by atoms with E-state index in [0.717, 1.165) is 28.0 Å². The zero-order valence-corrected chi connectivity index (χ0v) is 18.8. The van der Waals surface area contributed by atoms with Crippen LogP contribution in [-0.4, -0.2) is 35.1 Å². The highest BCUT2D eigenvalue weighted by Crippen LogP contribution is 2.35. The van der Waals surface area contributed by atoms with Crippen LogP contribution in [0, 0.1) is 19.7 Å². The predicted molar refractivity (Wildman–Crippen MR) is 126 cm³/mol. The summed E-state index contributed by atoms with van der Waals surface area (Å²) in [4.78, 5) is 15.3. The summed E-state index contributed by atoms with van der Waals surface area (Å²) in [5.41, 5.74) is 5.68. The van der Waals surface area contributed by atoms with E-state index in [1.54, 1.807) is 18.2 Å². The van der Waals surface area contributed by atoms with Crippen molar-refractivity contribution in [1.29, 1.82) is 0 Å². The number of carbonyl (C=O) groups excluding carboxylic acids is 1. The molecule has 1 aliphatic heterocycles. The van der Waals surface area contributed by atoms with Crippen LogP contribution in [0.2, 0.25) is 0 Å². The highest BCUT2D eigenvalue weighted by molar-refractivity contribution is 6.04. The first-order valence-electron chi connectivity index (χ1n) is 10.9. The fraction of sp³-hybridized carbons (Fsp3) is 0.259. The Morgan fingerprint density at radius 3 is 2.53 bits per heavy atom. The molecule has 3 aromatic carbocycles. The minimum Gasteiger partial charge on any atom is -0.293 e. The van der Waals surface area contributed by atoms with Gasteiger partial charge in [-0.3, -0.25) is 9.69 Å². The lowest BCUT2D eigenvalue weighted by atomic mass is 9.95. The molecular formula is C27H28FN3O. The Balaban J connectivity index is 1.61. The first-order valence-corrected chi connectivity index (χ1v) is 10.9. The summed E-state index contributed by atoms with van der Waals surface area (Å²) in [6.45, 7) is 4.92. The van der Waals surface area contributed by atoms with Crippen LogP contribution in [0.5, 0.6) is 0 Å². The summed E-state index contributed by atoms with van der Waals surface area (Å²) in [6, 6.07) is 22.4. The van der Waals surface area contributed by atoms with Crippen molar-refractivity contribution in [2.75, 3.05) is 13.6 Å². The van der Waals surface area contributed by atoms with E-state index in [4.69, 9.17) is 5.10 Å². The first kappa shape index (κ1) is 21.9. The molecule has 1 amide bonds. The number of rotatable bonds is 6. The van der Waals surface area contributed by atoms with Crippen molar-refractivity contribution < 1.29 is 9.18 Å². The molecule has 3 aromatic rings. The molecule has 32 heavy (non-hydrogen) atoms. The fourth-order valence-electron chi connectivity index (χ4n) is 4.19. The molecule has 0 aliphatic carbocycles. The van der Waals surface area contributed by atoms with Gasteiger partial charge in [-0.2, -0.15) is 5.10 Å². The van der Waals surface area contributed by atoms with Gasteiger partial charge in [0.1, 0.15) is 5.82 Å². The topological polar surface area (TPSA) is 35.9 Å². The summed E-state index contributed by atoms with van der Waals surface area (Å²) >= 11 is 0. The monoisotopic (exact) mass is 429 g/mol. The van der Waals surface area contributed by atoms with Crippen molar-refractivity contribution in [3.8, 4) is 0 Å². The van der Waals surface area contributed by atoms with E-state index in [9.17, 15) is 9.18 Å². The number of nitrogens with zero attached hydrogens (tertiary/aromatic N) is 3. The van der Waals surface area contributed by atoms with Gasteiger partial charge in [0.25, 0.3) is 5.91 Å². The Morgan fingerprint density at radius 1 is 1.06 bits per heavy atom. The summed E-state index contributed by atoms with van der Waals surface area (Å²) in [7, 11) is 1.91. The summed E-state index contributed by atoms with van der Waals surface area (Å²) in [5.74, 6) is -0.456. The number of hydrogen-bond donors (Lipinski definition) is 0. The lowest BCUT2D eigenvalue weighted by Crippen LogP contribution is -2.36. The Hall–Kier alpha value is -3.31. The number of amides is 1. The lowest BCUT2D eigenvalue weighted by molar-refractivity contribution is -0.134. The SMILES string of the molecule is Cc1ccc(C)c(C2=NN(C(=O)CN(C)Cc3ccccc3)C(c3ccccc3F)C2)c1. The second-order valence-electron chi connectivity index (χ2n) is 8.50. The second-order valence-corrected chi connectivity index (χ2v) is 8.50. The third-order valence-corrected chi connectivity index (χ3v) is 5.83. The standard InChI is InChI=1S/C27H28FN3O/c1-19-13-14-20(2)23(15-19)25-16-26(22-11-7-8-12-24(22)28)31(29-25)27(32)18-30(3)17-21-9-5-4-6-10-21/h4-15,26H,16-18H2,1-3H3. The van der Waals surface area contributed by atoms with Gasteiger partial charge in [0.15, 0.2) is 0 Å². The fourth-order valence-corrected chi connectivity index (χ4v) is 4.19. The summed E-state index contributed by atoms with van der Waals surface area (Å²) < 4.78 is 14.7. The summed E-state index contributed by atoms with van der Waals surface area (Å²) in [5, 5.41) is 6.21. The molecule has 0 aromatic heterocycles. The molecule has 1 heterocycles. The minimum atomic E-state index is -0.455. The number of halogens is 1. The molecule has 0 saturated heterocycles. The lowest BCUT2D eigenvalue weighted by Gasteiger charge is -2.25. The van der Waals surface area contributed by atoms with Crippen molar-refractivity contribution in [2.24, 2.45) is 5.10 Å². The van der Waals surface area contributed by atoms with Crippen LogP contribution in [0.15, 0.2) is 77.9 Å². The highest BCUT2D eigenvalue weighted by atomic mass is 19.1. The van der Waals surface area contributed by atoms with Gasteiger partial charge in [-0.25, -0.2) is 9.40 Å². The Labute approximate surface area is 189 Å². The van der Waals surface area contributed by atoms with E-state index in [-0.39, 0.29) is 18.3 Å². The smallest absolute Gasteiger partial charge is 0.257 e. The van der Waals surface area contributed by atoms with Crippen LogP contribution >= 0.6 is 0 Å². The Kier molecular flexibility index (Phi) is 6.47. The van der Waals surface area contributed by atoms with E-state index < -0.39 is 6.04 Å². The number of likely N-dealkylation sites (N-methyl/N-ethyl adjacent to an activating group) is 1. The number of aryl methyl sites for hydroxylation is 2. The van der Waals surface area contributed by atoms with Crippen molar-refractivity contribution in [3.63, 3.8) is 0 Å². The highest BCUT2D eigenvalue weighted by Gasteiger charge is 2.35. The average Bonchev–Trinajstić information content (AvgIpc) is 3.21. The van der Waals surface area contributed by atoms with Gasteiger partial charge in [-0.1, -0.05) is 66.2 Å². The third-order valence-electron chi connectivity index (χ3n) is 5.83. The quantitative estimate of drug-likeness (QED) is 0.536. The number of hydrogen-bond acceptors (Lipinski definition) is 3. The van der Waals surface area contributed by atoms with Crippen molar-refractivity contribution in [2.45, 2.75) is 32.9 Å². The van der Waals surface area contributed by atoms with E-state index in [0.29, 0.717) is 18.5 Å². The molecule has 1 atom stereocenters. The van der Waals surface area contributed by atoms with Crippen LogP contribution in [0.25, 0.3) is 0 Å². The van der Waals surface area contributed by atoms with Crippen molar-refractivity contribution in [3.05, 3.63) is 106 Å². The van der Waals surface area contributed by atoms with E-state index >= 15 is 0 Å². The molecule has 0 fully saturated rings. The van der Waals surface area contributed by atoms with E-state index in [2.05, 4.69) is 18.2 Å². The molecule has 5 heteroatoms. The molecule has 0 saturated carbocycles. The first-order chi connectivity index (χ1) is 15.4. The molecule has 4 rings (SSSR count). The maximum atomic E-state index is 14.7. The molecule has 0 spiro atoms. The van der Waals surface area contributed by atoms with Crippen LogP contribution in [0.3, 0.4) is 0 Å². The molecule has 1 unspecified atom stereocenters. The second kappa shape index (κ2) is 9.45. The normalized spacial score (nSPS) is 15.8. The average molecular weight is 430 g/mol. The minimum absolute atomic E-state index is 0.142. The largest absolute Gasteiger partial charge is 0.293 e. The number of hydrazone groups is 1. The maximum Gasteiger partial charge on any atom is 0.257 e. The van der Waals surface area contributed by atoms with Gasteiger partial charge < -0.3 is 0 Å². The third kappa shape index (κ3) is 4.78. The molecule has 4 nitrogen and oxygen atoms in total.